The minimum atomic E-state index is -0.833. The van der Waals surface area contributed by atoms with Crippen LogP contribution in [0.3, 0.4) is 0 Å². The molecule has 5 heteroatoms. The maximum atomic E-state index is 11.4. The third kappa shape index (κ3) is 4.78. The van der Waals surface area contributed by atoms with E-state index in [1.54, 1.807) is 14.0 Å². The van der Waals surface area contributed by atoms with Gasteiger partial charge in [0, 0.05) is 20.1 Å². The molecule has 88 valence electrons. The largest absolute Gasteiger partial charge is 0.481 e. The summed E-state index contributed by atoms with van der Waals surface area (Å²) in [6.45, 7) is 6.08. The SMILES string of the molecule is CNC(=O)C(C)(C)CNCC(C)C(=O)O. The first kappa shape index (κ1) is 13.9. The van der Waals surface area contributed by atoms with E-state index in [9.17, 15) is 9.59 Å². The molecule has 0 heterocycles. The number of carboxylic acid groups (broad SMARTS) is 1. The normalized spacial score (nSPS) is 13.3. The Morgan fingerprint density at radius 1 is 1.40 bits per heavy atom. The summed E-state index contributed by atoms with van der Waals surface area (Å²) in [6, 6.07) is 0. The molecule has 1 amide bonds. The zero-order valence-electron chi connectivity index (χ0n) is 9.76. The summed E-state index contributed by atoms with van der Waals surface area (Å²) in [6.07, 6.45) is 0. The molecule has 1 unspecified atom stereocenters. The molecule has 0 rings (SSSR count). The molecule has 0 aliphatic heterocycles. The average molecular weight is 216 g/mol. The maximum absolute atomic E-state index is 11.4. The van der Waals surface area contributed by atoms with Crippen LogP contribution in [0.4, 0.5) is 0 Å². The van der Waals surface area contributed by atoms with E-state index in [-0.39, 0.29) is 5.91 Å². The van der Waals surface area contributed by atoms with E-state index in [0.717, 1.165) is 0 Å². The van der Waals surface area contributed by atoms with Crippen molar-refractivity contribution in [1.29, 1.82) is 0 Å². The zero-order valence-corrected chi connectivity index (χ0v) is 9.76. The Labute approximate surface area is 90.2 Å². The van der Waals surface area contributed by atoms with Gasteiger partial charge in [0.1, 0.15) is 0 Å². The molecule has 0 aliphatic rings. The summed E-state index contributed by atoms with van der Waals surface area (Å²) < 4.78 is 0. The van der Waals surface area contributed by atoms with Gasteiger partial charge in [-0.15, -0.1) is 0 Å². The van der Waals surface area contributed by atoms with Crippen molar-refractivity contribution >= 4 is 11.9 Å². The highest BCUT2D eigenvalue weighted by atomic mass is 16.4. The number of amides is 1. The van der Waals surface area contributed by atoms with Crippen LogP contribution in [0.5, 0.6) is 0 Å². The molecular weight excluding hydrogens is 196 g/mol. The van der Waals surface area contributed by atoms with Crippen LogP contribution >= 0.6 is 0 Å². The second-order valence-electron chi connectivity index (χ2n) is 4.33. The predicted molar refractivity (Wildman–Crippen MR) is 57.5 cm³/mol. The number of hydrogen-bond acceptors (Lipinski definition) is 3. The number of carbonyl (C=O) groups is 2. The maximum Gasteiger partial charge on any atom is 0.307 e. The number of aliphatic carboxylic acids is 1. The summed E-state index contributed by atoms with van der Waals surface area (Å²) in [5.74, 6) is -1.33. The number of carboxylic acids is 1. The van der Waals surface area contributed by atoms with Crippen molar-refractivity contribution in [1.82, 2.24) is 10.6 Å². The average Bonchev–Trinajstić information content (AvgIpc) is 2.15. The smallest absolute Gasteiger partial charge is 0.307 e. The van der Waals surface area contributed by atoms with E-state index in [1.807, 2.05) is 13.8 Å². The van der Waals surface area contributed by atoms with E-state index in [2.05, 4.69) is 10.6 Å². The van der Waals surface area contributed by atoms with E-state index in [0.29, 0.717) is 13.1 Å². The molecular formula is C10H20N2O3. The molecule has 5 nitrogen and oxygen atoms in total. The van der Waals surface area contributed by atoms with Gasteiger partial charge in [0.15, 0.2) is 0 Å². The first-order chi connectivity index (χ1) is 6.81. The molecule has 0 aromatic rings. The van der Waals surface area contributed by atoms with Gasteiger partial charge in [-0.1, -0.05) is 6.92 Å². The van der Waals surface area contributed by atoms with Crippen LogP contribution in [0.1, 0.15) is 20.8 Å². The number of hydrogen-bond donors (Lipinski definition) is 3. The lowest BCUT2D eigenvalue weighted by atomic mass is 9.92. The third-order valence-corrected chi connectivity index (χ3v) is 2.28. The molecule has 0 aromatic carbocycles. The van der Waals surface area contributed by atoms with Crippen LogP contribution in [0.2, 0.25) is 0 Å². The van der Waals surface area contributed by atoms with Crippen LogP contribution in [-0.2, 0) is 9.59 Å². The van der Waals surface area contributed by atoms with Crippen LogP contribution in [0.25, 0.3) is 0 Å². The quantitative estimate of drug-likeness (QED) is 0.587. The summed E-state index contributed by atoms with van der Waals surface area (Å²) in [5, 5.41) is 14.2. The number of rotatable bonds is 6. The molecule has 0 radical (unpaired) electrons. The van der Waals surface area contributed by atoms with E-state index < -0.39 is 17.3 Å². The van der Waals surface area contributed by atoms with Gasteiger partial charge in [-0.05, 0) is 13.8 Å². The summed E-state index contributed by atoms with van der Waals surface area (Å²) >= 11 is 0. The van der Waals surface area contributed by atoms with Crippen LogP contribution in [0.15, 0.2) is 0 Å². The first-order valence-corrected chi connectivity index (χ1v) is 4.97. The van der Waals surface area contributed by atoms with Crippen LogP contribution < -0.4 is 10.6 Å². The fraction of sp³-hybridized carbons (Fsp3) is 0.800. The standard InChI is InChI=1S/C10H20N2O3/c1-7(8(13)14)5-12-6-10(2,3)9(15)11-4/h7,12H,5-6H2,1-4H3,(H,11,15)(H,13,14). The predicted octanol–water partition coefficient (Wildman–Crippen LogP) is 0.0689. The molecule has 0 saturated heterocycles. The summed E-state index contributed by atoms with van der Waals surface area (Å²) in [5.41, 5.74) is -0.521. The van der Waals surface area contributed by atoms with Crippen molar-refractivity contribution in [2.45, 2.75) is 20.8 Å². The molecule has 0 fully saturated rings. The number of carbonyl (C=O) groups excluding carboxylic acids is 1. The van der Waals surface area contributed by atoms with Crippen molar-refractivity contribution in [2.75, 3.05) is 20.1 Å². The first-order valence-electron chi connectivity index (χ1n) is 4.97. The van der Waals surface area contributed by atoms with Gasteiger partial charge in [0.25, 0.3) is 0 Å². The van der Waals surface area contributed by atoms with Gasteiger partial charge in [-0.2, -0.15) is 0 Å². The van der Waals surface area contributed by atoms with Gasteiger partial charge < -0.3 is 15.7 Å². The van der Waals surface area contributed by atoms with E-state index in [4.69, 9.17) is 5.11 Å². The Hall–Kier alpha value is -1.10. The highest BCUT2D eigenvalue weighted by molar-refractivity contribution is 5.81. The lowest BCUT2D eigenvalue weighted by Crippen LogP contribution is -2.43. The Morgan fingerprint density at radius 3 is 2.33 bits per heavy atom. The van der Waals surface area contributed by atoms with Crippen molar-refractivity contribution < 1.29 is 14.7 Å². The van der Waals surface area contributed by atoms with Gasteiger partial charge in [0.05, 0.1) is 11.3 Å². The Morgan fingerprint density at radius 2 is 1.93 bits per heavy atom. The van der Waals surface area contributed by atoms with Crippen LogP contribution in [-0.4, -0.2) is 37.1 Å². The molecule has 0 aliphatic carbocycles. The Balaban J connectivity index is 3.95. The van der Waals surface area contributed by atoms with E-state index >= 15 is 0 Å². The molecule has 0 saturated carbocycles. The second-order valence-corrected chi connectivity index (χ2v) is 4.33. The summed E-state index contributed by atoms with van der Waals surface area (Å²) in [4.78, 5) is 21.9. The van der Waals surface area contributed by atoms with Gasteiger partial charge in [-0.25, -0.2) is 0 Å². The molecule has 1 atom stereocenters. The fourth-order valence-corrected chi connectivity index (χ4v) is 1.11. The lowest BCUT2D eigenvalue weighted by molar-refractivity contribution is -0.140. The van der Waals surface area contributed by atoms with Gasteiger partial charge in [0.2, 0.25) is 5.91 Å². The minimum Gasteiger partial charge on any atom is -0.481 e. The third-order valence-electron chi connectivity index (χ3n) is 2.28. The lowest BCUT2D eigenvalue weighted by Gasteiger charge is -2.23. The Bertz CT molecular complexity index is 239. The molecule has 0 spiro atoms. The van der Waals surface area contributed by atoms with Crippen LogP contribution in [0, 0.1) is 11.3 Å². The Kier molecular flexibility index (Phi) is 5.28. The monoisotopic (exact) mass is 216 g/mol. The summed E-state index contributed by atoms with van der Waals surface area (Å²) in [7, 11) is 1.59. The van der Waals surface area contributed by atoms with Crippen molar-refractivity contribution in [2.24, 2.45) is 11.3 Å². The molecule has 0 aromatic heterocycles. The fourth-order valence-electron chi connectivity index (χ4n) is 1.11. The highest BCUT2D eigenvalue weighted by Crippen LogP contribution is 2.13. The molecule has 3 N–H and O–H groups in total. The van der Waals surface area contributed by atoms with Crippen molar-refractivity contribution in [3.63, 3.8) is 0 Å². The number of nitrogens with one attached hydrogen (secondary N) is 2. The van der Waals surface area contributed by atoms with Gasteiger partial charge in [-0.3, -0.25) is 9.59 Å². The minimum absolute atomic E-state index is 0.0574. The molecule has 15 heavy (non-hydrogen) atoms. The highest BCUT2D eigenvalue weighted by Gasteiger charge is 2.26. The topological polar surface area (TPSA) is 78.4 Å². The molecule has 0 bridgehead atoms. The van der Waals surface area contributed by atoms with E-state index in [1.165, 1.54) is 0 Å². The zero-order chi connectivity index (χ0) is 12.1. The van der Waals surface area contributed by atoms with Gasteiger partial charge >= 0.3 is 5.97 Å². The van der Waals surface area contributed by atoms with Crippen molar-refractivity contribution in [3.8, 4) is 0 Å². The second kappa shape index (κ2) is 5.70. The van der Waals surface area contributed by atoms with Crippen molar-refractivity contribution in [3.05, 3.63) is 0 Å².